The summed E-state index contributed by atoms with van der Waals surface area (Å²) in [6, 6.07) is 13.5. The van der Waals surface area contributed by atoms with E-state index in [0.717, 1.165) is 29.8 Å². The van der Waals surface area contributed by atoms with Crippen LogP contribution >= 0.6 is 0 Å². The Hall–Kier alpha value is -2.33. The molecule has 4 heteroatoms. The number of hydrogen-bond donors (Lipinski definition) is 1. The first-order chi connectivity index (χ1) is 11.2. The highest BCUT2D eigenvalue weighted by Crippen LogP contribution is 2.47. The van der Waals surface area contributed by atoms with E-state index in [-0.39, 0.29) is 11.9 Å². The average Bonchev–Trinajstić information content (AvgIpc) is 2.95. The zero-order valence-corrected chi connectivity index (χ0v) is 13.2. The summed E-state index contributed by atoms with van der Waals surface area (Å²) < 4.78 is 5.51. The van der Waals surface area contributed by atoms with Gasteiger partial charge < -0.3 is 15.4 Å². The predicted octanol–water partition coefficient (Wildman–Crippen LogP) is 2.71. The van der Waals surface area contributed by atoms with Gasteiger partial charge in [-0.3, -0.25) is 4.79 Å². The fraction of sp³-hybridized carbons (Fsp3) is 0.316. The number of carbonyl (C=O) groups excluding carboxylic acids is 1. The van der Waals surface area contributed by atoms with E-state index in [4.69, 9.17) is 10.5 Å². The topological polar surface area (TPSA) is 55.6 Å². The first-order valence-corrected chi connectivity index (χ1v) is 8.01. The highest BCUT2D eigenvalue weighted by Gasteiger charge is 2.39. The minimum absolute atomic E-state index is 0.0564. The largest absolute Gasteiger partial charge is 0.496 e. The summed E-state index contributed by atoms with van der Waals surface area (Å²) in [5.74, 6) is 1.25. The third-order valence-electron chi connectivity index (χ3n) is 4.93. The van der Waals surface area contributed by atoms with Gasteiger partial charge in [-0.05, 0) is 42.7 Å². The normalized spacial score (nSPS) is 21.9. The van der Waals surface area contributed by atoms with Crippen LogP contribution in [0.1, 0.15) is 33.8 Å². The molecule has 0 radical (unpaired) electrons. The second kappa shape index (κ2) is 5.39. The summed E-state index contributed by atoms with van der Waals surface area (Å²) in [6.45, 7) is 0.705. The van der Waals surface area contributed by atoms with Gasteiger partial charge in [-0.15, -0.1) is 0 Å². The van der Waals surface area contributed by atoms with Crippen molar-refractivity contribution in [3.8, 4) is 5.75 Å². The molecule has 1 aliphatic carbocycles. The summed E-state index contributed by atoms with van der Waals surface area (Å²) in [7, 11) is 1.69. The molecule has 1 amide bonds. The molecule has 0 aromatic heterocycles. The van der Waals surface area contributed by atoms with Crippen molar-refractivity contribution in [1.29, 1.82) is 0 Å². The van der Waals surface area contributed by atoms with Gasteiger partial charge in [0, 0.05) is 35.3 Å². The number of nitrogens with two attached hydrogens (primary N) is 1. The second-order valence-electron chi connectivity index (χ2n) is 6.36. The van der Waals surface area contributed by atoms with Crippen LogP contribution in [0.3, 0.4) is 0 Å². The maximum Gasteiger partial charge on any atom is 0.258 e. The van der Waals surface area contributed by atoms with Crippen LogP contribution in [0.15, 0.2) is 42.5 Å². The van der Waals surface area contributed by atoms with Gasteiger partial charge in [-0.25, -0.2) is 0 Å². The first kappa shape index (κ1) is 14.3. The van der Waals surface area contributed by atoms with E-state index in [1.165, 1.54) is 11.1 Å². The minimum atomic E-state index is 0.0564. The number of rotatable bonds is 2. The summed E-state index contributed by atoms with van der Waals surface area (Å²) in [5, 5.41) is 0. The molecule has 2 N–H and O–H groups in total. The van der Waals surface area contributed by atoms with Gasteiger partial charge in [-0.1, -0.05) is 18.2 Å². The van der Waals surface area contributed by atoms with Crippen LogP contribution in [0.5, 0.6) is 5.75 Å². The Labute approximate surface area is 135 Å². The van der Waals surface area contributed by atoms with Gasteiger partial charge in [0.25, 0.3) is 5.91 Å². The molecule has 2 aromatic rings. The van der Waals surface area contributed by atoms with Gasteiger partial charge in [-0.2, -0.15) is 0 Å². The molecule has 2 aromatic carbocycles. The molecule has 1 aliphatic heterocycles. The van der Waals surface area contributed by atoms with Crippen molar-refractivity contribution in [2.75, 3.05) is 18.6 Å². The average molecular weight is 308 g/mol. The van der Waals surface area contributed by atoms with Crippen molar-refractivity contribution in [3.05, 3.63) is 59.2 Å². The lowest BCUT2D eigenvalue weighted by Gasteiger charge is -2.26. The van der Waals surface area contributed by atoms with Crippen molar-refractivity contribution >= 4 is 11.6 Å². The van der Waals surface area contributed by atoms with Crippen LogP contribution in [0.25, 0.3) is 0 Å². The number of methoxy groups -OCH3 is 1. The van der Waals surface area contributed by atoms with E-state index >= 15 is 0 Å². The number of nitrogens with zero attached hydrogens (tertiary/aromatic N) is 1. The number of carbonyl (C=O) groups is 1. The summed E-state index contributed by atoms with van der Waals surface area (Å²) in [5.41, 5.74) is 10.4. The zero-order valence-electron chi connectivity index (χ0n) is 13.2. The first-order valence-electron chi connectivity index (χ1n) is 8.01. The van der Waals surface area contributed by atoms with E-state index in [2.05, 4.69) is 0 Å². The van der Waals surface area contributed by atoms with Crippen LogP contribution in [0, 0.1) is 0 Å². The van der Waals surface area contributed by atoms with Crippen molar-refractivity contribution in [3.63, 3.8) is 0 Å². The molecule has 4 rings (SSSR count). The van der Waals surface area contributed by atoms with Crippen LogP contribution in [0.2, 0.25) is 0 Å². The number of anilines is 1. The third-order valence-corrected chi connectivity index (χ3v) is 4.93. The fourth-order valence-corrected chi connectivity index (χ4v) is 3.97. The smallest absolute Gasteiger partial charge is 0.258 e. The molecular formula is C19H20N2O2. The highest BCUT2D eigenvalue weighted by molar-refractivity contribution is 6.07. The van der Waals surface area contributed by atoms with E-state index in [1.807, 2.05) is 47.4 Å². The lowest BCUT2D eigenvalue weighted by Crippen LogP contribution is -2.33. The lowest BCUT2D eigenvalue weighted by molar-refractivity contribution is 0.0988. The van der Waals surface area contributed by atoms with Crippen molar-refractivity contribution in [1.82, 2.24) is 0 Å². The molecule has 23 heavy (non-hydrogen) atoms. The fourth-order valence-electron chi connectivity index (χ4n) is 3.97. The monoisotopic (exact) mass is 308 g/mol. The van der Waals surface area contributed by atoms with Gasteiger partial charge in [0.2, 0.25) is 0 Å². The van der Waals surface area contributed by atoms with Crippen molar-refractivity contribution < 1.29 is 9.53 Å². The van der Waals surface area contributed by atoms with Crippen LogP contribution in [-0.4, -0.2) is 25.6 Å². The standard InChI is InChI=1S/C19H20N2O2/c1-23-17-8-7-16-18-13(9-14(20)10-15(17)18)11-21(16)19(22)12-5-3-2-4-6-12/h2-8,13-14H,9-11,20H2,1H3/t13-,14-/m0/s1. The molecule has 2 aliphatic rings. The zero-order chi connectivity index (χ0) is 16.0. The Balaban J connectivity index is 1.79. The van der Waals surface area contributed by atoms with E-state index in [0.29, 0.717) is 12.5 Å². The molecule has 0 saturated carbocycles. The summed E-state index contributed by atoms with van der Waals surface area (Å²) in [6.07, 6.45) is 1.74. The van der Waals surface area contributed by atoms with Gasteiger partial charge in [0.1, 0.15) is 5.75 Å². The third kappa shape index (κ3) is 2.21. The highest BCUT2D eigenvalue weighted by atomic mass is 16.5. The molecule has 0 unspecified atom stereocenters. The maximum absolute atomic E-state index is 12.9. The maximum atomic E-state index is 12.9. The van der Waals surface area contributed by atoms with Gasteiger partial charge in [0.05, 0.1) is 7.11 Å². The molecule has 0 saturated heterocycles. The summed E-state index contributed by atoms with van der Waals surface area (Å²) in [4.78, 5) is 14.8. The number of amides is 1. The molecule has 0 bridgehead atoms. The molecule has 0 fully saturated rings. The van der Waals surface area contributed by atoms with E-state index in [9.17, 15) is 4.79 Å². The Morgan fingerprint density at radius 3 is 2.74 bits per heavy atom. The second-order valence-corrected chi connectivity index (χ2v) is 6.36. The van der Waals surface area contributed by atoms with Crippen molar-refractivity contribution in [2.45, 2.75) is 24.8 Å². The van der Waals surface area contributed by atoms with Crippen LogP contribution in [-0.2, 0) is 6.42 Å². The quantitative estimate of drug-likeness (QED) is 0.928. The van der Waals surface area contributed by atoms with E-state index in [1.54, 1.807) is 7.11 Å². The Kier molecular flexibility index (Phi) is 3.34. The number of ether oxygens (including phenoxy) is 1. The molecule has 118 valence electrons. The Morgan fingerprint density at radius 2 is 2.00 bits per heavy atom. The molecule has 1 heterocycles. The predicted molar refractivity (Wildman–Crippen MR) is 90.1 cm³/mol. The molecule has 2 atom stereocenters. The van der Waals surface area contributed by atoms with E-state index < -0.39 is 0 Å². The number of hydrogen-bond acceptors (Lipinski definition) is 3. The Morgan fingerprint density at radius 1 is 1.22 bits per heavy atom. The SMILES string of the molecule is COc1ccc2c3c1C[C@@H](N)C[C@H]3CN2C(=O)c1ccccc1. The molecular weight excluding hydrogens is 288 g/mol. The molecule has 0 spiro atoms. The van der Waals surface area contributed by atoms with Crippen LogP contribution < -0.4 is 15.4 Å². The minimum Gasteiger partial charge on any atom is -0.496 e. The lowest BCUT2D eigenvalue weighted by atomic mass is 9.81. The van der Waals surface area contributed by atoms with Gasteiger partial charge >= 0.3 is 0 Å². The Bertz CT molecular complexity index is 757. The van der Waals surface area contributed by atoms with Crippen LogP contribution in [0.4, 0.5) is 5.69 Å². The molecule has 4 nitrogen and oxygen atoms in total. The number of benzene rings is 2. The summed E-state index contributed by atoms with van der Waals surface area (Å²) >= 11 is 0. The van der Waals surface area contributed by atoms with Gasteiger partial charge in [0.15, 0.2) is 0 Å². The van der Waals surface area contributed by atoms with Crippen molar-refractivity contribution in [2.24, 2.45) is 5.73 Å².